The fourth-order valence-electron chi connectivity index (χ4n) is 2.75. The number of thiol groups is 1. The Labute approximate surface area is 146 Å². The summed E-state index contributed by atoms with van der Waals surface area (Å²) in [5, 5.41) is 11.1. The Morgan fingerprint density at radius 2 is 2.00 bits per heavy atom. The Hall–Kier alpha value is -2.21. The molecule has 126 valence electrons. The second-order valence-corrected chi connectivity index (χ2v) is 6.26. The highest BCUT2D eigenvalue weighted by Crippen LogP contribution is 2.27. The minimum atomic E-state index is -0.109. The number of carbonyl (C=O) groups is 1. The Bertz CT molecular complexity index is 808. The van der Waals surface area contributed by atoms with Gasteiger partial charge in [-0.3, -0.25) is 9.89 Å². The molecule has 5 nitrogen and oxygen atoms in total. The largest absolute Gasteiger partial charge is 0.360 e. The van der Waals surface area contributed by atoms with Gasteiger partial charge in [0.25, 0.3) is 5.91 Å². The molecule has 1 aromatic carbocycles. The van der Waals surface area contributed by atoms with E-state index in [4.69, 9.17) is 0 Å². The highest BCUT2D eigenvalue weighted by Gasteiger charge is 2.13. The molecule has 0 saturated carbocycles. The Balaban J connectivity index is 1.60. The molecule has 0 aliphatic rings. The van der Waals surface area contributed by atoms with Crippen LogP contribution in [-0.4, -0.2) is 33.4 Å². The molecule has 0 radical (unpaired) electrons. The van der Waals surface area contributed by atoms with E-state index >= 15 is 0 Å². The second-order valence-electron chi connectivity index (χ2n) is 5.81. The fourth-order valence-corrected chi connectivity index (χ4v) is 2.97. The average Bonchev–Trinajstić information content (AvgIpc) is 3.24. The maximum Gasteiger partial charge on any atom is 0.269 e. The van der Waals surface area contributed by atoms with Crippen molar-refractivity contribution >= 4 is 29.4 Å². The highest BCUT2D eigenvalue weighted by molar-refractivity contribution is 7.80. The number of aromatic amines is 2. The van der Waals surface area contributed by atoms with Crippen molar-refractivity contribution in [2.45, 2.75) is 25.7 Å². The van der Waals surface area contributed by atoms with Gasteiger partial charge in [0.15, 0.2) is 0 Å². The first-order valence-corrected chi connectivity index (χ1v) is 8.94. The van der Waals surface area contributed by atoms with Crippen LogP contribution in [0, 0.1) is 0 Å². The van der Waals surface area contributed by atoms with Gasteiger partial charge in [-0.15, -0.1) is 0 Å². The summed E-state index contributed by atoms with van der Waals surface area (Å²) in [5.74, 6) is 0.819. The molecule has 0 bridgehead atoms. The molecular formula is C18H22N4OS. The van der Waals surface area contributed by atoms with Gasteiger partial charge in [-0.1, -0.05) is 31.0 Å². The van der Waals surface area contributed by atoms with E-state index in [0.29, 0.717) is 12.2 Å². The van der Waals surface area contributed by atoms with Crippen molar-refractivity contribution < 1.29 is 4.79 Å². The molecule has 24 heavy (non-hydrogen) atoms. The zero-order valence-corrected chi connectivity index (χ0v) is 14.4. The number of fused-ring (bicyclic) bond motifs is 1. The van der Waals surface area contributed by atoms with Gasteiger partial charge in [0, 0.05) is 29.2 Å². The van der Waals surface area contributed by atoms with Crippen molar-refractivity contribution in [3.8, 4) is 11.3 Å². The lowest BCUT2D eigenvalue weighted by atomic mass is 10.1. The number of benzene rings is 1. The third-order valence-electron chi connectivity index (χ3n) is 4.06. The van der Waals surface area contributed by atoms with Crippen LogP contribution in [0.2, 0.25) is 0 Å². The molecule has 0 spiro atoms. The minimum absolute atomic E-state index is 0.109. The van der Waals surface area contributed by atoms with Crippen molar-refractivity contribution in [3.63, 3.8) is 0 Å². The second kappa shape index (κ2) is 8.06. The lowest BCUT2D eigenvalue weighted by Crippen LogP contribution is -2.24. The molecule has 3 N–H and O–H groups in total. The Morgan fingerprint density at radius 1 is 1.17 bits per heavy atom. The van der Waals surface area contributed by atoms with E-state index in [1.54, 1.807) is 6.07 Å². The van der Waals surface area contributed by atoms with Crippen LogP contribution in [-0.2, 0) is 0 Å². The highest BCUT2D eigenvalue weighted by atomic mass is 32.1. The van der Waals surface area contributed by atoms with Crippen molar-refractivity contribution in [2.24, 2.45) is 0 Å². The van der Waals surface area contributed by atoms with Crippen LogP contribution in [0.5, 0.6) is 0 Å². The van der Waals surface area contributed by atoms with Crippen LogP contribution in [0.1, 0.15) is 36.2 Å². The monoisotopic (exact) mass is 342 g/mol. The number of para-hydroxylation sites is 1. The van der Waals surface area contributed by atoms with Crippen LogP contribution in [0.15, 0.2) is 36.5 Å². The molecule has 3 rings (SSSR count). The van der Waals surface area contributed by atoms with Crippen LogP contribution >= 0.6 is 12.6 Å². The summed E-state index contributed by atoms with van der Waals surface area (Å²) in [5.41, 5.74) is 3.31. The maximum absolute atomic E-state index is 12.2. The van der Waals surface area contributed by atoms with Gasteiger partial charge in [0.1, 0.15) is 5.69 Å². The minimum Gasteiger partial charge on any atom is -0.360 e. The topological polar surface area (TPSA) is 73.6 Å². The molecule has 0 atom stereocenters. The fraction of sp³-hybridized carbons (Fsp3) is 0.333. The van der Waals surface area contributed by atoms with Gasteiger partial charge in [-0.2, -0.15) is 17.7 Å². The number of hydrogen-bond donors (Lipinski definition) is 4. The predicted octanol–water partition coefficient (Wildman–Crippen LogP) is 3.78. The van der Waals surface area contributed by atoms with Crippen molar-refractivity contribution in [3.05, 3.63) is 42.2 Å². The number of nitrogens with zero attached hydrogens (tertiary/aromatic N) is 1. The molecule has 0 unspecified atom stereocenters. The summed E-state index contributed by atoms with van der Waals surface area (Å²) in [6, 6.07) is 9.84. The molecule has 0 fully saturated rings. The SMILES string of the molecule is O=C(NCCCCCCS)c1cc(-c2c[nH]c3ccccc23)n[nH]1. The first-order chi connectivity index (χ1) is 11.8. The summed E-state index contributed by atoms with van der Waals surface area (Å²) < 4.78 is 0. The van der Waals surface area contributed by atoms with E-state index in [1.165, 1.54) is 0 Å². The standard InChI is InChI=1S/C18H22N4OS/c23-18(19-9-5-1-2-6-10-24)17-11-16(21-22-17)14-12-20-15-8-4-3-7-13(14)15/h3-4,7-8,11-12,20,24H,1-2,5-6,9-10H2,(H,19,23)(H,21,22). The third-order valence-corrected chi connectivity index (χ3v) is 4.37. The molecule has 2 heterocycles. The summed E-state index contributed by atoms with van der Waals surface area (Å²) in [7, 11) is 0. The first-order valence-electron chi connectivity index (χ1n) is 8.30. The number of rotatable bonds is 8. The lowest BCUT2D eigenvalue weighted by molar-refractivity contribution is 0.0948. The molecular weight excluding hydrogens is 320 g/mol. The van der Waals surface area contributed by atoms with E-state index in [0.717, 1.165) is 53.6 Å². The van der Waals surface area contributed by atoms with Crippen LogP contribution in [0.25, 0.3) is 22.2 Å². The quantitative estimate of drug-likeness (QED) is 0.371. The van der Waals surface area contributed by atoms with Crippen molar-refractivity contribution in [1.82, 2.24) is 20.5 Å². The van der Waals surface area contributed by atoms with Gasteiger partial charge < -0.3 is 10.3 Å². The summed E-state index contributed by atoms with van der Waals surface area (Å²) in [4.78, 5) is 15.4. The molecule has 3 aromatic rings. The number of H-pyrrole nitrogens is 2. The molecule has 0 aliphatic heterocycles. The molecule has 6 heteroatoms. The zero-order valence-electron chi connectivity index (χ0n) is 13.5. The normalized spacial score (nSPS) is 11.0. The smallest absolute Gasteiger partial charge is 0.269 e. The number of nitrogens with one attached hydrogen (secondary N) is 3. The van der Waals surface area contributed by atoms with E-state index in [9.17, 15) is 4.79 Å². The third kappa shape index (κ3) is 3.82. The van der Waals surface area contributed by atoms with Crippen LogP contribution in [0.4, 0.5) is 0 Å². The van der Waals surface area contributed by atoms with Gasteiger partial charge in [-0.25, -0.2) is 0 Å². The van der Waals surface area contributed by atoms with E-state index in [2.05, 4.69) is 33.1 Å². The zero-order chi connectivity index (χ0) is 16.8. The van der Waals surface area contributed by atoms with E-state index in [-0.39, 0.29) is 5.91 Å². The first kappa shape index (κ1) is 16.6. The van der Waals surface area contributed by atoms with Crippen molar-refractivity contribution in [1.29, 1.82) is 0 Å². The number of unbranched alkanes of at least 4 members (excludes halogenated alkanes) is 3. The van der Waals surface area contributed by atoms with E-state index in [1.807, 2.05) is 30.5 Å². The van der Waals surface area contributed by atoms with Gasteiger partial charge in [0.05, 0.1) is 5.69 Å². The summed E-state index contributed by atoms with van der Waals surface area (Å²) >= 11 is 4.19. The molecule has 1 amide bonds. The molecule has 0 aliphatic carbocycles. The van der Waals surface area contributed by atoms with Gasteiger partial charge in [0.2, 0.25) is 0 Å². The number of hydrogen-bond acceptors (Lipinski definition) is 3. The average molecular weight is 342 g/mol. The van der Waals surface area contributed by atoms with Crippen LogP contribution in [0.3, 0.4) is 0 Å². The summed E-state index contributed by atoms with van der Waals surface area (Å²) in [6.07, 6.45) is 6.32. The number of amides is 1. The van der Waals surface area contributed by atoms with Gasteiger partial charge >= 0.3 is 0 Å². The number of carbonyl (C=O) groups excluding carboxylic acids is 1. The summed E-state index contributed by atoms with van der Waals surface area (Å²) in [6.45, 7) is 0.687. The van der Waals surface area contributed by atoms with Gasteiger partial charge in [-0.05, 0) is 30.7 Å². The van der Waals surface area contributed by atoms with E-state index < -0.39 is 0 Å². The van der Waals surface area contributed by atoms with Crippen molar-refractivity contribution in [2.75, 3.05) is 12.3 Å². The molecule has 0 saturated heterocycles. The predicted molar refractivity (Wildman–Crippen MR) is 101 cm³/mol. The Kier molecular flexibility index (Phi) is 5.59. The lowest BCUT2D eigenvalue weighted by Gasteiger charge is -2.02. The molecule has 2 aromatic heterocycles. The number of aromatic nitrogens is 3. The van der Waals surface area contributed by atoms with Crippen LogP contribution < -0.4 is 5.32 Å². The maximum atomic E-state index is 12.2. The Morgan fingerprint density at radius 3 is 2.88 bits per heavy atom.